The minimum atomic E-state index is -0.376. The van der Waals surface area contributed by atoms with Gasteiger partial charge in [-0.15, -0.1) is 0 Å². The van der Waals surface area contributed by atoms with Crippen molar-refractivity contribution in [3.8, 4) is 5.75 Å². The summed E-state index contributed by atoms with van der Waals surface area (Å²) in [5.74, 6) is -0.0848. The molecule has 1 aliphatic heterocycles. The third-order valence-corrected chi connectivity index (χ3v) is 5.39. The van der Waals surface area contributed by atoms with E-state index in [1.807, 2.05) is 42.5 Å². The first-order valence-electron chi connectivity index (χ1n) is 8.59. The lowest BCUT2D eigenvalue weighted by atomic mass is 9.96. The number of methoxy groups -OCH3 is 1. The van der Waals surface area contributed by atoms with Gasteiger partial charge in [0.05, 0.1) is 40.2 Å². The van der Waals surface area contributed by atoms with Gasteiger partial charge in [-0.05, 0) is 18.2 Å². The van der Waals surface area contributed by atoms with Crippen molar-refractivity contribution in [1.29, 1.82) is 0 Å². The van der Waals surface area contributed by atoms with Gasteiger partial charge in [-0.25, -0.2) is 0 Å². The quantitative estimate of drug-likeness (QED) is 0.399. The van der Waals surface area contributed by atoms with Crippen molar-refractivity contribution in [3.05, 3.63) is 53.6 Å². The van der Waals surface area contributed by atoms with Crippen LogP contribution in [0.1, 0.15) is 20.7 Å². The zero-order chi connectivity index (χ0) is 18.3. The number of fused-ring (bicyclic) bond motifs is 10. The second-order valence-electron chi connectivity index (χ2n) is 6.71. The van der Waals surface area contributed by atoms with Crippen molar-refractivity contribution in [2.75, 3.05) is 7.11 Å². The van der Waals surface area contributed by atoms with Crippen molar-refractivity contribution < 1.29 is 14.3 Å². The Morgan fingerprint density at radius 1 is 0.741 bits per heavy atom. The fraction of sp³-hybridized carbons (Fsp3) is 0.0476. The summed E-state index contributed by atoms with van der Waals surface area (Å²) < 4.78 is 5.54. The van der Waals surface area contributed by atoms with Crippen molar-refractivity contribution >= 4 is 55.4 Å². The smallest absolute Gasteiger partial charge is 0.259 e. The molecule has 130 valence electrons. The molecule has 0 unspecified atom stereocenters. The number of nitrogens with one attached hydrogen (secondary N) is 3. The Labute approximate surface area is 152 Å². The van der Waals surface area contributed by atoms with Crippen LogP contribution in [-0.2, 0) is 0 Å². The van der Waals surface area contributed by atoms with Crippen molar-refractivity contribution in [2.45, 2.75) is 0 Å². The van der Waals surface area contributed by atoms with Crippen molar-refractivity contribution in [1.82, 2.24) is 15.3 Å². The Morgan fingerprint density at radius 2 is 1.41 bits per heavy atom. The second-order valence-corrected chi connectivity index (χ2v) is 6.71. The van der Waals surface area contributed by atoms with Gasteiger partial charge in [-0.2, -0.15) is 0 Å². The Hall–Kier alpha value is -3.80. The molecule has 27 heavy (non-hydrogen) atoms. The van der Waals surface area contributed by atoms with E-state index in [0.717, 1.165) is 38.2 Å². The first-order valence-corrected chi connectivity index (χ1v) is 8.59. The molecule has 5 aromatic rings. The Morgan fingerprint density at radius 3 is 2.22 bits per heavy atom. The zero-order valence-electron chi connectivity index (χ0n) is 14.3. The van der Waals surface area contributed by atoms with E-state index >= 15 is 0 Å². The van der Waals surface area contributed by atoms with Crippen LogP contribution < -0.4 is 10.1 Å². The molecule has 0 saturated heterocycles. The molecule has 3 aromatic carbocycles. The summed E-state index contributed by atoms with van der Waals surface area (Å²) in [6.45, 7) is 0. The summed E-state index contributed by atoms with van der Waals surface area (Å²) in [7, 11) is 1.60. The van der Waals surface area contributed by atoms with E-state index in [0.29, 0.717) is 22.3 Å². The number of carbonyl (C=O) groups excluding carboxylic acids is 2. The van der Waals surface area contributed by atoms with E-state index in [4.69, 9.17) is 4.74 Å². The molecule has 0 bridgehead atoms. The van der Waals surface area contributed by atoms with Crippen LogP contribution in [0.25, 0.3) is 43.6 Å². The normalized spacial score (nSPS) is 13.8. The molecule has 6 rings (SSSR count). The standard InChI is InChI=1S/C21H13N3O3/c1-27-12-8-4-7-11-14(12)15-17-16(20(25)24-21(17)26)13-9-5-2-3-6-10(9)22-18(13)19(15)23-11/h2-8,22-23H,1H3,(H,24,25,26). The van der Waals surface area contributed by atoms with Gasteiger partial charge in [0.2, 0.25) is 0 Å². The topological polar surface area (TPSA) is 87.0 Å². The molecule has 0 spiro atoms. The minimum Gasteiger partial charge on any atom is -0.496 e. The van der Waals surface area contributed by atoms with Crippen LogP contribution in [0, 0.1) is 0 Å². The lowest BCUT2D eigenvalue weighted by Crippen LogP contribution is -2.20. The van der Waals surface area contributed by atoms with Gasteiger partial charge in [-0.1, -0.05) is 24.3 Å². The van der Waals surface area contributed by atoms with Gasteiger partial charge in [0.15, 0.2) is 0 Å². The predicted octanol–water partition coefficient (Wildman–Crippen LogP) is 3.85. The van der Waals surface area contributed by atoms with Gasteiger partial charge in [0.25, 0.3) is 11.8 Å². The molecule has 6 heteroatoms. The molecule has 0 fully saturated rings. The summed E-state index contributed by atoms with van der Waals surface area (Å²) in [4.78, 5) is 32.3. The molecule has 1 aliphatic rings. The third-order valence-electron chi connectivity index (χ3n) is 5.39. The molecule has 0 atom stereocenters. The number of hydrogen-bond donors (Lipinski definition) is 3. The van der Waals surface area contributed by atoms with Gasteiger partial charge in [-0.3, -0.25) is 14.9 Å². The monoisotopic (exact) mass is 355 g/mol. The first kappa shape index (κ1) is 14.4. The molecule has 3 N–H and O–H groups in total. The van der Waals surface area contributed by atoms with E-state index in [1.54, 1.807) is 7.11 Å². The molecule has 2 aromatic heterocycles. The highest BCUT2D eigenvalue weighted by atomic mass is 16.5. The number of carbonyl (C=O) groups is 2. The number of aromatic amines is 2. The van der Waals surface area contributed by atoms with E-state index in [-0.39, 0.29) is 11.8 Å². The molecule has 0 saturated carbocycles. The summed E-state index contributed by atoms with van der Waals surface area (Å²) >= 11 is 0. The summed E-state index contributed by atoms with van der Waals surface area (Å²) in [6.07, 6.45) is 0. The van der Waals surface area contributed by atoms with Crippen LogP contribution >= 0.6 is 0 Å². The SMILES string of the molecule is COc1cccc2[nH]c3c4[nH]c5ccccc5c4c4c(c3c12)C(=O)NC4=O. The van der Waals surface area contributed by atoms with Crippen LogP contribution in [0.2, 0.25) is 0 Å². The van der Waals surface area contributed by atoms with Gasteiger partial charge < -0.3 is 14.7 Å². The fourth-order valence-corrected chi connectivity index (χ4v) is 4.34. The molecular weight excluding hydrogens is 342 g/mol. The van der Waals surface area contributed by atoms with E-state index in [2.05, 4.69) is 15.3 Å². The maximum absolute atomic E-state index is 12.7. The summed E-state index contributed by atoms with van der Waals surface area (Å²) in [5, 5.41) is 5.66. The number of amides is 2. The number of ether oxygens (including phenoxy) is 1. The maximum atomic E-state index is 12.7. The second kappa shape index (κ2) is 4.67. The number of H-pyrrole nitrogens is 2. The van der Waals surface area contributed by atoms with Crippen molar-refractivity contribution in [3.63, 3.8) is 0 Å². The van der Waals surface area contributed by atoms with Crippen LogP contribution in [-0.4, -0.2) is 28.9 Å². The number of para-hydroxylation sites is 1. The highest BCUT2D eigenvalue weighted by Gasteiger charge is 2.35. The highest BCUT2D eigenvalue weighted by Crippen LogP contribution is 2.43. The number of imide groups is 1. The predicted molar refractivity (Wildman–Crippen MR) is 104 cm³/mol. The lowest BCUT2D eigenvalue weighted by molar-refractivity contribution is 0.0880. The molecule has 2 amide bonds. The number of benzene rings is 3. The molecule has 0 aliphatic carbocycles. The number of hydrogen-bond acceptors (Lipinski definition) is 3. The summed E-state index contributed by atoms with van der Waals surface area (Å²) in [5.41, 5.74) is 4.21. The Balaban J connectivity index is 2.01. The van der Waals surface area contributed by atoms with Crippen LogP contribution in [0.4, 0.5) is 0 Å². The number of aromatic nitrogens is 2. The van der Waals surface area contributed by atoms with Gasteiger partial charge >= 0.3 is 0 Å². The van der Waals surface area contributed by atoms with E-state index in [9.17, 15) is 9.59 Å². The van der Waals surface area contributed by atoms with Crippen LogP contribution in [0.5, 0.6) is 5.75 Å². The zero-order valence-corrected chi connectivity index (χ0v) is 14.3. The first-order chi connectivity index (χ1) is 13.2. The average molecular weight is 355 g/mol. The number of rotatable bonds is 1. The average Bonchev–Trinajstić information content (AvgIpc) is 3.32. The highest BCUT2D eigenvalue weighted by molar-refractivity contribution is 6.39. The maximum Gasteiger partial charge on any atom is 0.259 e. The van der Waals surface area contributed by atoms with Gasteiger partial charge in [0, 0.05) is 21.7 Å². The van der Waals surface area contributed by atoms with E-state index in [1.165, 1.54) is 0 Å². The van der Waals surface area contributed by atoms with Gasteiger partial charge in [0.1, 0.15) is 5.75 Å². The lowest BCUT2D eigenvalue weighted by Gasteiger charge is -2.05. The fourth-order valence-electron chi connectivity index (χ4n) is 4.34. The van der Waals surface area contributed by atoms with Crippen LogP contribution in [0.3, 0.4) is 0 Å². The third kappa shape index (κ3) is 1.60. The Kier molecular flexibility index (Phi) is 2.49. The summed E-state index contributed by atoms with van der Waals surface area (Å²) in [6, 6.07) is 13.5. The molecule has 0 radical (unpaired) electrons. The van der Waals surface area contributed by atoms with Crippen molar-refractivity contribution in [2.24, 2.45) is 0 Å². The Bertz CT molecular complexity index is 1470. The molecular formula is C21H13N3O3. The van der Waals surface area contributed by atoms with E-state index < -0.39 is 0 Å². The van der Waals surface area contributed by atoms with Crippen LogP contribution in [0.15, 0.2) is 42.5 Å². The minimum absolute atomic E-state index is 0.365. The molecule has 3 heterocycles. The largest absolute Gasteiger partial charge is 0.496 e. The molecule has 6 nitrogen and oxygen atoms in total.